The number of alkyl halides is 2. The van der Waals surface area contributed by atoms with Gasteiger partial charge in [-0.2, -0.15) is 0 Å². The zero-order valence-electron chi connectivity index (χ0n) is 30.6. The quantitative estimate of drug-likeness (QED) is 0.123. The highest BCUT2D eigenvalue weighted by Gasteiger charge is 2.32. The number of halogens is 2. The number of hydrogen-bond donors (Lipinski definition) is 4. The molecule has 0 aliphatic heterocycles. The molecule has 48 heavy (non-hydrogen) atoms. The van der Waals surface area contributed by atoms with Crippen molar-refractivity contribution >= 4 is 55.5 Å². The summed E-state index contributed by atoms with van der Waals surface area (Å²) in [6.07, 6.45) is 3.38. The van der Waals surface area contributed by atoms with E-state index in [0.29, 0.717) is 19.5 Å². The van der Waals surface area contributed by atoms with E-state index in [0.717, 1.165) is 12.8 Å². The Bertz CT molecular complexity index is 1290. The molecule has 0 saturated carbocycles. The maximum absolute atomic E-state index is 12.4. The van der Waals surface area contributed by atoms with Crippen LogP contribution in [0.2, 0.25) is 0 Å². The molecule has 2 aromatic carbocycles. The second-order valence-corrected chi connectivity index (χ2v) is 16.6. The average molecular weight is 795 g/mol. The lowest BCUT2D eigenvalue weighted by molar-refractivity contribution is -0.130. The van der Waals surface area contributed by atoms with Crippen LogP contribution in [0.15, 0.2) is 61.2 Å². The van der Waals surface area contributed by atoms with Gasteiger partial charge >= 0.3 is 0 Å². The molecule has 0 heterocycles. The molecule has 4 amide bonds. The smallest absolute Gasteiger partial charge is 0.243 e. The number of aryl methyl sites for hydroxylation is 2. The van der Waals surface area contributed by atoms with E-state index < -0.39 is 9.74 Å². The number of carbonyl (C=O) groups excluding carboxylic acids is 4. The Morgan fingerprint density at radius 3 is 1.46 bits per heavy atom. The summed E-state index contributed by atoms with van der Waals surface area (Å²) in [5.74, 6) is -0.193. The third kappa shape index (κ3) is 21.1. The van der Waals surface area contributed by atoms with Crippen molar-refractivity contribution < 1.29 is 19.2 Å². The van der Waals surface area contributed by atoms with E-state index in [9.17, 15) is 19.2 Å². The van der Waals surface area contributed by atoms with Crippen LogP contribution < -0.4 is 21.3 Å². The minimum Gasteiger partial charge on any atom is -0.355 e. The first-order valence-corrected chi connectivity index (χ1v) is 18.1. The average Bonchev–Trinajstić information content (AvgIpc) is 2.98. The Balaban J connectivity index is 0.000000787. The Morgan fingerprint density at radius 2 is 1.12 bits per heavy atom. The maximum atomic E-state index is 12.4. The van der Waals surface area contributed by atoms with Crippen molar-refractivity contribution in [1.82, 2.24) is 21.3 Å². The normalized spacial score (nSPS) is 11.6. The van der Waals surface area contributed by atoms with Gasteiger partial charge in [0, 0.05) is 30.6 Å². The first-order chi connectivity index (χ1) is 22.2. The monoisotopic (exact) mass is 792 g/mol. The molecule has 0 radical (unpaired) electrons. The van der Waals surface area contributed by atoms with E-state index in [1.54, 1.807) is 0 Å². The lowest BCUT2D eigenvalue weighted by Crippen LogP contribution is -2.43. The molecule has 0 saturated heterocycles. The van der Waals surface area contributed by atoms with Gasteiger partial charge in [-0.1, -0.05) is 112 Å². The van der Waals surface area contributed by atoms with E-state index >= 15 is 0 Å². The molecule has 0 fully saturated rings. The van der Waals surface area contributed by atoms with Crippen molar-refractivity contribution in [2.45, 2.75) is 110 Å². The van der Waals surface area contributed by atoms with Crippen molar-refractivity contribution in [2.75, 3.05) is 13.1 Å². The van der Waals surface area contributed by atoms with E-state index in [1.165, 1.54) is 28.3 Å². The second kappa shape index (κ2) is 22.6. The highest BCUT2D eigenvalue weighted by Crippen LogP contribution is 2.26. The number of rotatable bonds is 14. The molecule has 1 atom stereocenters. The minimum absolute atomic E-state index is 0.0274. The van der Waals surface area contributed by atoms with Gasteiger partial charge in [0.25, 0.3) is 0 Å². The highest BCUT2D eigenvalue weighted by molar-refractivity contribution is 9.10. The van der Waals surface area contributed by atoms with Crippen LogP contribution in [-0.2, 0) is 32.0 Å². The summed E-state index contributed by atoms with van der Waals surface area (Å²) in [5.41, 5.74) is 4.32. The topological polar surface area (TPSA) is 116 Å². The molecule has 268 valence electrons. The van der Waals surface area contributed by atoms with Gasteiger partial charge in [0.05, 0.1) is 9.15 Å². The van der Waals surface area contributed by atoms with Crippen molar-refractivity contribution in [1.29, 1.82) is 0 Å². The van der Waals surface area contributed by atoms with E-state index in [4.69, 9.17) is 0 Å². The molecule has 2 aromatic rings. The molecule has 0 aromatic heterocycles. The zero-order chi connectivity index (χ0) is 37.1. The largest absolute Gasteiger partial charge is 0.355 e. The standard InChI is InChI=1S/C19H29BrN2O2.C13H18BrNO.C6H11NO/c1-13(2)22-17(23)16(20)12-19(4,5)18(24)21-11-10-15-8-6-14(3)7-9-15;1-10-4-6-11(7-5-10)8-9-15-12(16)13(2,3)14;1-4-6(8)7-5(2)3/h6-9,13,16H,10-12H2,1-5H3,(H,21,24)(H,22,23);4-7H,8-9H2,1-3H3,(H,15,16);4-5H,1H2,2-3H3,(H,7,8). The fraction of sp³-hybridized carbons (Fsp3) is 0.526. The number of hydrogen-bond acceptors (Lipinski definition) is 4. The minimum atomic E-state index is -0.615. The second-order valence-electron chi connectivity index (χ2n) is 13.5. The van der Waals surface area contributed by atoms with Gasteiger partial charge in [-0.25, -0.2) is 0 Å². The van der Waals surface area contributed by atoms with Crippen LogP contribution in [0.4, 0.5) is 0 Å². The van der Waals surface area contributed by atoms with E-state index in [-0.39, 0.29) is 40.5 Å². The van der Waals surface area contributed by atoms with Gasteiger partial charge in [0.15, 0.2) is 0 Å². The molecule has 1 unspecified atom stereocenters. The van der Waals surface area contributed by atoms with Gasteiger partial charge in [-0.05, 0) is 91.9 Å². The molecule has 8 nitrogen and oxygen atoms in total. The van der Waals surface area contributed by atoms with Crippen LogP contribution in [0, 0.1) is 19.3 Å². The summed E-state index contributed by atoms with van der Waals surface area (Å²) in [7, 11) is 0. The van der Waals surface area contributed by atoms with Crippen LogP contribution in [0.25, 0.3) is 0 Å². The van der Waals surface area contributed by atoms with Crippen LogP contribution in [0.5, 0.6) is 0 Å². The van der Waals surface area contributed by atoms with Gasteiger partial charge in [0.1, 0.15) is 0 Å². The third-order valence-corrected chi connectivity index (χ3v) is 7.92. The van der Waals surface area contributed by atoms with Crippen LogP contribution in [-0.4, -0.2) is 58.0 Å². The third-order valence-electron chi connectivity index (χ3n) is 6.82. The summed E-state index contributed by atoms with van der Waals surface area (Å²) >= 11 is 6.72. The van der Waals surface area contributed by atoms with E-state index in [2.05, 4.69) is 122 Å². The predicted octanol–water partition coefficient (Wildman–Crippen LogP) is 6.88. The predicted molar refractivity (Wildman–Crippen MR) is 207 cm³/mol. The van der Waals surface area contributed by atoms with Gasteiger partial charge < -0.3 is 21.3 Å². The van der Waals surface area contributed by atoms with Gasteiger partial charge in [0.2, 0.25) is 23.6 Å². The Morgan fingerprint density at radius 1 is 0.729 bits per heavy atom. The first-order valence-electron chi connectivity index (χ1n) is 16.4. The van der Waals surface area contributed by atoms with Crippen molar-refractivity contribution in [3.05, 3.63) is 83.4 Å². The fourth-order valence-electron chi connectivity index (χ4n) is 3.95. The molecule has 0 spiro atoms. The lowest BCUT2D eigenvalue weighted by Gasteiger charge is -2.26. The number of nitrogens with one attached hydrogen (secondary N) is 4. The number of carbonyl (C=O) groups is 4. The first kappa shape index (κ1) is 45.0. The summed E-state index contributed by atoms with van der Waals surface area (Å²) < 4.78 is -0.486. The summed E-state index contributed by atoms with van der Waals surface area (Å²) in [4.78, 5) is 46.0. The fourth-order valence-corrected chi connectivity index (χ4v) is 5.03. The van der Waals surface area contributed by atoms with Crippen molar-refractivity contribution in [2.24, 2.45) is 5.41 Å². The van der Waals surface area contributed by atoms with Gasteiger partial charge in [-0.15, -0.1) is 0 Å². The Hall–Kier alpha value is -2.98. The summed E-state index contributed by atoms with van der Waals surface area (Å²) in [5, 5.41) is 11.4. The van der Waals surface area contributed by atoms with E-state index in [1.807, 2.05) is 55.4 Å². The molecular weight excluding hydrogens is 736 g/mol. The summed E-state index contributed by atoms with van der Waals surface area (Å²) in [6.45, 7) is 23.8. The highest BCUT2D eigenvalue weighted by atomic mass is 79.9. The molecule has 4 N–H and O–H groups in total. The molecule has 2 rings (SSSR count). The molecular formula is C38H58Br2N4O4. The van der Waals surface area contributed by atoms with Gasteiger partial charge in [-0.3, -0.25) is 19.2 Å². The molecule has 10 heteroatoms. The maximum Gasteiger partial charge on any atom is 0.243 e. The van der Waals surface area contributed by atoms with Crippen molar-refractivity contribution in [3.63, 3.8) is 0 Å². The summed E-state index contributed by atoms with van der Waals surface area (Å²) in [6, 6.07) is 17.0. The van der Waals surface area contributed by atoms with Crippen molar-refractivity contribution in [3.8, 4) is 0 Å². The van der Waals surface area contributed by atoms with Crippen LogP contribution in [0.1, 0.15) is 84.1 Å². The Kier molecular flexibility index (Phi) is 21.2. The Labute approximate surface area is 306 Å². The lowest BCUT2D eigenvalue weighted by atomic mass is 9.86. The number of benzene rings is 2. The number of amides is 4. The van der Waals surface area contributed by atoms with Crippen LogP contribution in [0.3, 0.4) is 0 Å². The molecule has 0 aliphatic carbocycles. The van der Waals surface area contributed by atoms with Crippen LogP contribution >= 0.6 is 31.9 Å². The molecule has 0 aliphatic rings. The zero-order valence-corrected chi connectivity index (χ0v) is 33.7. The SMILES string of the molecule is C=CC(=O)NC(C)C.Cc1ccc(CCNC(=O)C(C)(C)Br)cc1.Cc1ccc(CCNC(=O)C(C)(C)CC(Br)C(=O)NC(C)C)cc1. The molecule has 0 bridgehead atoms.